The standard InChI is InChI=1S/C67H122O6/c1-4-7-10-13-16-18-20-22-24-26-28-29-30-31-32-33-34-35-36-37-39-40-42-44-46-48-51-54-57-60-66(69)72-63-64(62-71-65(68)59-56-53-50-15-12-9-6-3)73-67(70)61-58-55-52-49-47-45-43-41-38-27-25-23-21-19-17-14-11-8-5-2/h17,19-20,22-23,25-26,28,64H,4-16,18,21,24,27,29-63H2,1-3H3/b19-17-,22-20-,25-23-,28-26-. The van der Waals surface area contributed by atoms with E-state index in [4.69, 9.17) is 14.2 Å². The summed E-state index contributed by atoms with van der Waals surface area (Å²) in [6.07, 6.45) is 77.2. The Kier molecular flexibility index (Phi) is 59.7. The van der Waals surface area contributed by atoms with E-state index in [0.717, 1.165) is 70.6 Å². The molecule has 0 aromatic rings. The first-order valence-electron chi connectivity index (χ1n) is 32.1. The van der Waals surface area contributed by atoms with E-state index in [1.54, 1.807) is 0 Å². The largest absolute Gasteiger partial charge is 0.462 e. The second-order valence-electron chi connectivity index (χ2n) is 21.7. The Hall–Kier alpha value is -2.63. The summed E-state index contributed by atoms with van der Waals surface area (Å²) in [6.45, 7) is 6.60. The van der Waals surface area contributed by atoms with Crippen molar-refractivity contribution in [2.24, 2.45) is 0 Å². The minimum atomic E-state index is -0.771. The second kappa shape index (κ2) is 61.9. The van der Waals surface area contributed by atoms with E-state index in [-0.39, 0.29) is 31.1 Å². The molecule has 0 aliphatic rings. The highest BCUT2D eigenvalue weighted by atomic mass is 16.6. The number of rotatable bonds is 59. The van der Waals surface area contributed by atoms with Gasteiger partial charge in [-0.1, -0.05) is 288 Å². The predicted molar refractivity (Wildman–Crippen MR) is 316 cm³/mol. The fourth-order valence-corrected chi connectivity index (χ4v) is 9.45. The molecule has 0 aliphatic carbocycles. The normalized spacial score (nSPS) is 12.3. The molecular weight excluding hydrogens is 901 g/mol. The summed E-state index contributed by atoms with van der Waals surface area (Å²) in [7, 11) is 0. The molecule has 73 heavy (non-hydrogen) atoms. The molecular formula is C67H122O6. The van der Waals surface area contributed by atoms with Gasteiger partial charge < -0.3 is 14.2 Å². The monoisotopic (exact) mass is 1020 g/mol. The Labute approximate surface area is 454 Å². The van der Waals surface area contributed by atoms with Crippen LogP contribution in [0.1, 0.15) is 342 Å². The van der Waals surface area contributed by atoms with Crippen LogP contribution in [-0.2, 0) is 28.6 Å². The first-order chi connectivity index (χ1) is 36.0. The highest BCUT2D eigenvalue weighted by Gasteiger charge is 2.19. The summed E-state index contributed by atoms with van der Waals surface area (Å²) in [4.78, 5) is 38.1. The van der Waals surface area contributed by atoms with Gasteiger partial charge in [0.2, 0.25) is 0 Å². The smallest absolute Gasteiger partial charge is 0.306 e. The SMILES string of the molecule is CCCCC/C=C\C/C=C\CCCCCCCCCCCC(=O)OC(COC(=O)CCCCCCCCC)COC(=O)CCCCCCCCCCCCCCCCCCC/C=C\C/C=C\CCCCCCC. The van der Waals surface area contributed by atoms with Crippen molar-refractivity contribution in [1.29, 1.82) is 0 Å². The average Bonchev–Trinajstić information content (AvgIpc) is 3.39. The number of unbranched alkanes of at least 4 members (excludes halogenated alkanes) is 40. The van der Waals surface area contributed by atoms with Crippen LogP contribution in [-0.4, -0.2) is 37.2 Å². The van der Waals surface area contributed by atoms with Gasteiger partial charge in [0, 0.05) is 19.3 Å². The molecule has 1 atom stereocenters. The van der Waals surface area contributed by atoms with E-state index in [0.29, 0.717) is 19.3 Å². The van der Waals surface area contributed by atoms with Crippen LogP contribution in [0.4, 0.5) is 0 Å². The van der Waals surface area contributed by atoms with Crippen molar-refractivity contribution in [3.63, 3.8) is 0 Å². The van der Waals surface area contributed by atoms with Crippen molar-refractivity contribution in [2.45, 2.75) is 348 Å². The van der Waals surface area contributed by atoms with Gasteiger partial charge in [0.05, 0.1) is 0 Å². The maximum Gasteiger partial charge on any atom is 0.306 e. The van der Waals surface area contributed by atoms with Crippen LogP contribution in [0, 0.1) is 0 Å². The van der Waals surface area contributed by atoms with Crippen molar-refractivity contribution in [3.05, 3.63) is 48.6 Å². The van der Waals surface area contributed by atoms with E-state index in [1.165, 1.54) is 231 Å². The van der Waals surface area contributed by atoms with Crippen molar-refractivity contribution in [2.75, 3.05) is 13.2 Å². The molecule has 426 valence electrons. The maximum atomic E-state index is 12.8. The fraction of sp³-hybridized carbons (Fsp3) is 0.836. The summed E-state index contributed by atoms with van der Waals surface area (Å²) >= 11 is 0. The maximum absolute atomic E-state index is 12.8. The molecule has 0 rings (SSSR count). The van der Waals surface area contributed by atoms with Gasteiger partial charge in [-0.2, -0.15) is 0 Å². The molecule has 0 aliphatic heterocycles. The molecule has 0 fully saturated rings. The van der Waals surface area contributed by atoms with E-state index < -0.39 is 6.10 Å². The quantitative estimate of drug-likeness (QED) is 0.0261. The summed E-state index contributed by atoms with van der Waals surface area (Å²) in [5.41, 5.74) is 0. The predicted octanol–water partition coefficient (Wildman–Crippen LogP) is 21.8. The van der Waals surface area contributed by atoms with Gasteiger partial charge in [0.1, 0.15) is 13.2 Å². The average molecular weight is 1020 g/mol. The first kappa shape index (κ1) is 70.4. The van der Waals surface area contributed by atoms with Gasteiger partial charge in [0.25, 0.3) is 0 Å². The number of ether oxygens (including phenoxy) is 3. The lowest BCUT2D eigenvalue weighted by atomic mass is 10.0. The number of esters is 3. The lowest BCUT2D eigenvalue weighted by Crippen LogP contribution is -2.30. The highest BCUT2D eigenvalue weighted by Crippen LogP contribution is 2.17. The van der Waals surface area contributed by atoms with Crippen LogP contribution in [0.3, 0.4) is 0 Å². The Morgan fingerprint density at radius 1 is 0.274 bits per heavy atom. The van der Waals surface area contributed by atoms with Crippen LogP contribution in [0.5, 0.6) is 0 Å². The van der Waals surface area contributed by atoms with Gasteiger partial charge in [-0.05, 0) is 83.5 Å². The Morgan fingerprint density at radius 2 is 0.493 bits per heavy atom. The molecule has 1 unspecified atom stereocenters. The molecule has 6 nitrogen and oxygen atoms in total. The molecule has 0 aromatic carbocycles. The van der Waals surface area contributed by atoms with E-state index in [1.807, 2.05) is 0 Å². The zero-order valence-corrected chi connectivity index (χ0v) is 48.9. The second-order valence-corrected chi connectivity index (χ2v) is 21.7. The van der Waals surface area contributed by atoms with Gasteiger partial charge in [-0.15, -0.1) is 0 Å². The summed E-state index contributed by atoms with van der Waals surface area (Å²) in [6, 6.07) is 0. The lowest BCUT2D eigenvalue weighted by molar-refractivity contribution is -0.167. The van der Waals surface area contributed by atoms with Crippen molar-refractivity contribution in [3.8, 4) is 0 Å². The first-order valence-corrected chi connectivity index (χ1v) is 32.1. The molecule has 0 spiro atoms. The van der Waals surface area contributed by atoms with Crippen LogP contribution in [0.25, 0.3) is 0 Å². The van der Waals surface area contributed by atoms with Gasteiger partial charge in [-0.3, -0.25) is 14.4 Å². The number of hydrogen-bond acceptors (Lipinski definition) is 6. The minimum absolute atomic E-state index is 0.0710. The minimum Gasteiger partial charge on any atom is -0.462 e. The number of allylic oxidation sites excluding steroid dienone is 8. The number of carbonyl (C=O) groups excluding carboxylic acids is 3. The Morgan fingerprint density at radius 3 is 0.781 bits per heavy atom. The van der Waals surface area contributed by atoms with Crippen molar-refractivity contribution in [1.82, 2.24) is 0 Å². The van der Waals surface area contributed by atoms with E-state index in [2.05, 4.69) is 69.4 Å². The molecule has 0 saturated heterocycles. The number of carbonyl (C=O) groups is 3. The Balaban J connectivity index is 4.05. The van der Waals surface area contributed by atoms with E-state index >= 15 is 0 Å². The van der Waals surface area contributed by atoms with Gasteiger partial charge in [-0.25, -0.2) is 0 Å². The highest BCUT2D eigenvalue weighted by molar-refractivity contribution is 5.71. The molecule has 0 heterocycles. The lowest BCUT2D eigenvalue weighted by Gasteiger charge is -2.18. The third-order valence-electron chi connectivity index (χ3n) is 14.3. The molecule has 0 amide bonds. The third kappa shape index (κ3) is 60.1. The summed E-state index contributed by atoms with van der Waals surface area (Å²) in [5.74, 6) is -0.864. The van der Waals surface area contributed by atoms with Crippen molar-refractivity contribution >= 4 is 17.9 Å². The molecule has 0 aromatic heterocycles. The number of hydrogen-bond donors (Lipinski definition) is 0. The van der Waals surface area contributed by atoms with Crippen molar-refractivity contribution < 1.29 is 28.6 Å². The summed E-state index contributed by atoms with van der Waals surface area (Å²) in [5, 5.41) is 0. The molecule has 0 bridgehead atoms. The topological polar surface area (TPSA) is 78.9 Å². The molecule has 6 heteroatoms. The summed E-state index contributed by atoms with van der Waals surface area (Å²) < 4.78 is 16.8. The van der Waals surface area contributed by atoms with Crippen LogP contribution < -0.4 is 0 Å². The zero-order valence-electron chi connectivity index (χ0n) is 48.9. The van der Waals surface area contributed by atoms with Crippen LogP contribution >= 0.6 is 0 Å². The van der Waals surface area contributed by atoms with Gasteiger partial charge >= 0.3 is 17.9 Å². The molecule has 0 radical (unpaired) electrons. The molecule has 0 saturated carbocycles. The van der Waals surface area contributed by atoms with Crippen LogP contribution in [0.15, 0.2) is 48.6 Å². The fourth-order valence-electron chi connectivity index (χ4n) is 9.45. The zero-order chi connectivity index (χ0) is 52.9. The van der Waals surface area contributed by atoms with Crippen LogP contribution in [0.2, 0.25) is 0 Å². The third-order valence-corrected chi connectivity index (χ3v) is 14.3. The van der Waals surface area contributed by atoms with Gasteiger partial charge in [0.15, 0.2) is 6.10 Å². The van der Waals surface area contributed by atoms with E-state index in [9.17, 15) is 14.4 Å². The molecule has 0 N–H and O–H groups in total. The Bertz CT molecular complexity index is 1270.